The third kappa shape index (κ3) is 3.34. The summed E-state index contributed by atoms with van der Waals surface area (Å²) in [4.78, 5) is 16.3. The molecular formula is C15H14N4O2. The second kappa shape index (κ2) is 6.48. The van der Waals surface area contributed by atoms with Crippen LogP contribution in [-0.2, 0) is 6.54 Å². The summed E-state index contributed by atoms with van der Waals surface area (Å²) in [5.74, 6) is 0. The standard InChI is InChI=1S/C15H14N4O2/c1-2-18(11-12-5-7-17-8-6-12)14-3-4-15(19(20)21)13(9-14)10-16/h3-9H,2,11H2,1H3. The number of pyridine rings is 1. The van der Waals surface area contributed by atoms with Gasteiger partial charge in [-0.25, -0.2) is 0 Å². The Kier molecular flexibility index (Phi) is 4.46. The van der Waals surface area contributed by atoms with Crippen LogP contribution in [0.25, 0.3) is 0 Å². The van der Waals surface area contributed by atoms with Gasteiger partial charge in [0.2, 0.25) is 0 Å². The molecule has 6 nitrogen and oxygen atoms in total. The zero-order valence-corrected chi connectivity index (χ0v) is 11.6. The summed E-state index contributed by atoms with van der Waals surface area (Å²) >= 11 is 0. The molecule has 0 aliphatic carbocycles. The summed E-state index contributed by atoms with van der Waals surface area (Å²) in [5.41, 5.74) is 1.78. The molecule has 106 valence electrons. The molecule has 0 bridgehead atoms. The molecule has 0 aliphatic heterocycles. The molecule has 2 aromatic rings. The van der Waals surface area contributed by atoms with Crippen LogP contribution in [-0.4, -0.2) is 16.5 Å². The van der Waals surface area contributed by atoms with Gasteiger partial charge in [-0.15, -0.1) is 0 Å². The summed E-state index contributed by atoms with van der Waals surface area (Å²) < 4.78 is 0. The van der Waals surface area contributed by atoms with E-state index in [4.69, 9.17) is 5.26 Å². The number of benzene rings is 1. The van der Waals surface area contributed by atoms with E-state index in [1.807, 2.05) is 30.0 Å². The van der Waals surface area contributed by atoms with E-state index >= 15 is 0 Å². The maximum Gasteiger partial charge on any atom is 0.287 e. The van der Waals surface area contributed by atoms with E-state index in [0.717, 1.165) is 17.8 Å². The Morgan fingerprint density at radius 2 is 2.05 bits per heavy atom. The third-order valence-electron chi connectivity index (χ3n) is 3.17. The first-order valence-corrected chi connectivity index (χ1v) is 6.48. The summed E-state index contributed by atoms with van der Waals surface area (Å²) in [7, 11) is 0. The first-order chi connectivity index (χ1) is 10.2. The molecule has 0 atom stereocenters. The highest BCUT2D eigenvalue weighted by Crippen LogP contribution is 2.25. The number of nitro groups is 1. The average Bonchev–Trinajstić information content (AvgIpc) is 2.52. The molecule has 1 aromatic heterocycles. The van der Waals surface area contributed by atoms with Crippen molar-refractivity contribution in [2.45, 2.75) is 13.5 Å². The van der Waals surface area contributed by atoms with Crippen LogP contribution in [0.3, 0.4) is 0 Å². The molecule has 0 aliphatic rings. The summed E-state index contributed by atoms with van der Waals surface area (Å²) in [6, 6.07) is 10.3. The SMILES string of the molecule is CCN(Cc1ccncc1)c1ccc([N+](=O)[O-])c(C#N)c1. The Hall–Kier alpha value is -2.94. The summed E-state index contributed by atoms with van der Waals surface area (Å²) in [5, 5.41) is 19.9. The molecule has 2 rings (SSSR count). The van der Waals surface area contributed by atoms with Gasteiger partial charge in [-0.2, -0.15) is 5.26 Å². The van der Waals surface area contributed by atoms with E-state index in [0.29, 0.717) is 6.54 Å². The van der Waals surface area contributed by atoms with Gasteiger partial charge in [-0.05, 0) is 36.8 Å². The Balaban J connectivity index is 2.31. The minimum absolute atomic E-state index is 0.0747. The number of hydrogen-bond acceptors (Lipinski definition) is 5. The smallest absolute Gasteiger partial charge is 0.287 e. The number of anilines is 1. The second-order valence-corrected chi connectivity index (χ2v) is 4.44. The Bertz CT molecular complexity index is 680. The fourth-order valence-electron chi connectivity index (χ4n) is 2.06. The first-order valence-electron chi connectivity index (χ1n) is 6.48. The van der Waals surface area contributed by atoms with Crippen molar-refractivity contribution >= 4 is 11.4 Å². The lowest BCUT2D eigenvalue weighted by Crippen LogP contribution is -2.22. The van der Waals surface area contributed by atoms with E-state index in [1.54, 1.807) is 24.5 Å². The highest BCUT2D eigenvalue weighted by Gasteiger charge is 2.16. The van der Waals surface area contributed by atoms with Gasteiger partial charge in [-0.1, -0.05) is 0 Å². The predicted molar refractivity (Wildman–Crippen MR) is 78.8 cm³/mol. The molecule has 0 N–H and O–H groups in total. The quantitative estimate of drug-likeness (QED) is 0.622. The van der Waals surface area contributed by atoms with Crippen molar-refractivity contribution in [2.24, 2.45) is 0 Å². The van der Waals surface area contributed by atoms with Gasteiger partial charge in [0.1, 0.15) is 11.6 Å². The Morgan fingerprint density at radius 3 is 2.62 bits per heavy atom. The number of nitro benzene ring substituents is 1. The van der Waals surface area contributed by atoms with Crippen LogP contribution < -0.4 is 4.90 Å². The maximum absolute atomic E-state index is 10.9. The fraction of sp³-hybridized carbons (Fsp3) is 0.200. The second-order valence-electron chi connectivity index (χ2n) is 4.44. The van der Waals surface area contributed by atoms with Crippen LogP contribution in [0.15, 0.2) is 42.7 Å². The van der Waals surface area contributed by atoms with Crippen molar-refractivity contribution in [1.29, 1.82) is 5.26 Å². The van der Waals surface area contributed by atoms with E-state index in [9.17, 15) is 10.1 Å². The Labute approximate surface area is 122 Å². The minimum atomic E-state index is -0.540. The summed E-state index contributed by atoms with van der Waals surface area (Å²) in [6.45, 7) is 3.38. The molecule has 0 radical (unpaired) electrons. The van der Waals surface area contributed by atoms with Crippen LogP contribution >= 0.6 is 0 Å². The van der Waals surface area contributed by atoms with Crippen molar-refractivity contribution in [3.8, 4) is 6.07 Å². The number of hydrogen-bond donors (Lipinski definition) is 0. The lowest BCUT2D eigenvalue weighted by Gasteiger charge is -2.23. The minimum Gasteiger partial charge on any atom is -0.367 e. The molecule has 0 saturated heterocycles. The van der Waals surface area contributed by atoms with Crippen LogP contribution in [0.4, 0.5) is 11.4 Å². The van der Waals surface area contributed by atoms with E-state index < -0.39 is 4.92 Å². The molecule has 0 spiro atoms. The molecule has 0 unspecified atom stereocenters. The third-order valence-corrected chi connectivity index (χ3v) is 3.17. The highest BCUT2D eigenvalue weighted by molar-refractivity contribution is 5.60. The average molecular weight is 282 g/mol. The largest absolute Gasteiger partial charge is 0.367 e. The normalized spacial score (nSPS) is 9.90. The summed E-state index contributed by atoms with van der Waals surface area (Å²) in [6.07, 6.45) is 3.44. The molecule has 1 heterocycles. The lowest BCUT2D eigenvalue weighted by molar-refractivity contribution is -0.385. The van der Waals surface area contributed by atoms with Crippen molar-refractivity contribution < 1.29 is 4.92 Å². The van der Waals surface area contributed by atoms with Crippen LogP contribution in [0.2, 0.25) is 0 Å². The van der Waals surface area contributed by atoms with Crippen molar-refractivity contribution in [3.63, 3.8) is 0 Å². The molecule has 6 heteroatoms. The van der Waals surface area contributed by atoms with Gasteiger partial charge in [0.05, 0.1) is 4.92 Å². The van der Waals surface area contributed by atoms with E-state index in [-0.39, 0.29) is 11.3 Å². The van der Waals surface area contributed by atoms with Gasteiger partial charge in [0, 0.05) is 37.2 Å². The number of nitrogens with zero attached hydrogens (tertiary/aromatic N) is 4. The predicted octanol–water partition coefficient (Wildman–Crippen LogP) is 2.89. The van der Waals surface area contributed by atoms with Gasteiger partial charge in [0.25, 0.3) is 5.69 Å². The lowest BCUT2D eigenvalue weighted by atomic mass is 10.1. The van der Waals surface area contributed by atoms with Crippen LogP contribution in [0.5, 0.6) is 0 Å². The van der Waals surface area contributed by atoms with E-state index in [1.165, 1.54) is 6.07 Å². The van der Waals surface area contributed by atoms with Crippen molar-refractivity contribution in [2.75, 3.05) is 11.4 Å². The molecular weight excluding hydrogens is 268 g/mol. The fourth-order valence-corrected chi connectivity index (χ4v) is 2.06. The highest BCUT2D eigenvalue weighted by atomic mass is 16.6. The molecule has 0 amide bonds. The van der Waals surface area contributed by atoms with Crippen molar-refractivity contribution in [1.82, 2.24) is 4.98 Å². The van der Waals surface area contributed by atoms with E-state index in [2.05, 4.69) is 4.98 Å². The number of aromatic nitrogens is 1. The number of rotatable bonds is 5. The Morgan fingerprint density at radius 1 is 1.33 bits per heavy atom. The molecule has 1 aromatic carbocycles. The maximum atomic E-state index is 10.9. The first kappa shape index (κ1) is 14.5. The monoisotopic (exact) mass is 282 g/mol. The van der Waals surface area contributed by atoms with Crippen LogP contribution in [0.1, 0.15) is 18.1 Å². The van der Waals surface area contributed by atoms with Crippen LogP contribution in [0, 0.1) is 21.4 Å². The molecule has 0 fully saturated rings. The zero-order chi connectivity index (χ0) is 15.2. The zero-order valence-electron chi connectivity index (χ0n) is 11.6. The van der Waals surface area contributed by atoms with Crippen molar-refractivity contribution in [3.05, 3.63) is 64.0 Å². The topological polar surface area (TPSA) is 83.1 Å². The molecule has 21 heavy (non-hydrogen) atoms. The number of nitriles is 1. The molecule has 0 saturated carbocycles. The van der Waals surface area contributed by atoms with Gasteiger partial charge in [0.15, 0.2) is 0 Å². The van der Waals surface area contributed by atoms with Gasteiger partial charge in [-0.3, -0.25) is 15.1 Å². The van der Waals surface area contributed by atoms with Gasteiger partial charge < -0.3 is 4.90 Å². The van der Waals surface area contributed by atoms with Gasteiger partial charge >= 0.3 is 0 Å².